The first-order valence-corrected chi connectivity index (χ1v) is 21.6. The van der Waals surface area contributed by atoms with Gasteiger partial charge in [0, 0.05) is 12.0 Å². The number of rotatable bonds is 9. The van der Waals surface area contributed by atoms with Crippen molar-refractivity contribution in [3.63, 3.8) is 0 Å². The number of carbonyl (C=O) groups excluding carboxylic acids is 2. The molecule has 21 atom stereocenters. The first-order chi connectivity index (χ1) is 27.8. The molecule has 332 valence electrons. The van der Waals surface area contributed by atoms with Gasteiger partial charge >= 0.3 is 17.9 Å². The minimum Gasteiger partial charge on any atom is -0.481 e. The number of methoxy groups -OCH3 is 1. The molecule has 3 aliphatic heterocycles. The monoisotopic (exact) mass is 836 g/mol. The van der Waals surface area contributed by atoms with Gasteiger partial charge in [0.1, 0.15) is 48.8 Å². The Kier molecular flexibility index (Phi) is 11.0. The zero-order valence-corrected chi connectivity index (χ0v) is 34.9. The molecule has 2 spiro atoms. The minimum absolute atomic E-state index is 0.0147. The molecule has 0 aromatic carbocycles. The first kappa shape index (κ1) is 43.4. The normalized spacial score (nSPS) is 53.4. The van der Waals surface area contributed by atoms with E-state index in [1.807, 2.05) is 6.08 Å². The molecule has 16 heteroatoms. The summed E-state index contributed by atoms with van der Waals surface area (Å²) in [5.74, 6) is -1.60. The van der Waals surface area contributed by atoms with Gasteiger partial charge in [0.15, 0.2) is 18.7 Å². The predicted molar refractivity (Wildman–Crippen MR) is 202 cm³/mol. The fraction of sp³-hybridized carbons (Fsp3) is 0.884. The van der Waals surface area contributed by atoms with E-state index in [9.17, 15) is 50.1 Å². The van der Waals surface area contributed by atoms with Crippen molar-refractivity contribution < 1.29 is 78.6 Å². The Balaban J connectivity index is 1.05. The van der Waals surface area contributed by atoms with Gasteiger partial charge in [0.2, 0.25) is 0 Å². The highest BCUT2D eigenvalue weighted by atomic mass is 16.8. The van der Waals surface area contributed by atoms with Crippen molar-refractivity contribution in [2.75, 3.05) is 13.7 Å². The van der Waals surface area contributed by atoms with Gasteiger partial charge in [-0.3, -0.25) is 4.79 Å². The molecule has 7 fully saturated rings. The fourth-order valence-electron chi connectivity index (χ4n) is 14.6. The SMILES string of the molecule is COC(=O)[C@H]1OC(O[C@H]2CCC34CC35CC[C@]3(C)C([C@H](C)C6CC=C(C)C(=O)O6)CC[C@@]3(C)C5CCC4[C@]2(C)C(=O)O)[C@H](OC2O[C@H](CO)[C@@H](O)[C@H](O)[C@H]2O)[C@@H](O)[C@@H]1O. The number of fused-ring (bicyclic) bond motifs is 2. The maximum atomic E-state index is 13.7. The number of hydrogen-bond acceptors (Lipinski definition) is 15. The molecule has 0 aromatic rings. The summed E-state index contributed by atoms with van der Waals surface area (Å²) in [6.45, 7) is 9.92. The predicted octanol–water partition coefficient (Wildman–Crippen LogP) is 1.58. The van der Waals surface area contributed by atoms with Crippen LogP contribution in [0.2, 0.25) is 0 Å². The molecular formula is C43H64O16. The Hall–Kier alpha value is -2.25. The molecule has 8 unspecified atom stereocenters. The molecule has 59 heavy (non-hydrogen) atoms. The van der Waals surface area contributed by atoms with E-state index in [0.717, 1.165) is 52.1 Å². The molecule has 3 heterocycles. The van der Waals surface area contributed by atoms with E-state index in [1.54, 1.807) is 13.8 Å². The summed E-state index contributed by atoms with van der Waals surface area (Å²) in [4.78, 5) is 39.1. The van der Waals surface area contributed by atoms with E-state index in [0.29, 0.717) is 36.7 Å². The molecule has 8 aliphatic rings. The summed E-state index contributed by atoms with van der Waals surface area (Å²) in [6.07, 6.45) is -8.33. The van der Waals surface area contributed by atoms with Gasteiger partial charge in [0.05, 0.1) is 25.2 Å². The molecule has 8 rings (SSSR count). The molecule has 5 aliphatic carbocycles. The van der Waals surface area contributed by atoms with Crippen LogP contribution in [0.1, 0.15) is 98.8 Å². The third-order valence-corrected chi connectivity index (χ3v) is 18.1. The van der Waals surface area contributed by atoms with Crippen LogP contribution >= 0.6 is 0 Å². The lowest BCUT2D eigenvalue weighted by Gasteiger charge is -2.63. The van der Waals surface area contributed by atoms with E-state index in [2.05, 4.69) is 20.8 Å². The Morgan fingerprint density at radius 3 is 2.19 bits per heavy atom. The van der Waals surface area contributed by atoms with Gasteiger partial charge in [-0.1, -0.05) is 26.8 Å². The fourth-order valence-corrected chi connectivity index (χ4v) is 14.6. The number of aliphatic carboxylic acids is 1. The summed E-state index contributed by atoms with van der Waals surface area (Å²) in [5.41, 5.74) is -1.02. The third kappa shape index (κ3) is 6.08. The van der Waals surface area contributed by atoms with Crippen LogP contribution in [0.4, 0.5) is 0 Å². The van der Waals surface area contributed by atoms with Crippen LogP contribution in [0.5, 0.6) is 0 Å². The van der Waals surface area contributed by atoms with Crippen LogP contribution < -0.4 is 0 Å². The smallest absolute Gasteiger partial charge is 0.337 e. The summed E-state index contributed by atoms with van der Waals surface area (Å²) < 4.78 is 34.7. The summed E-state index contributed by atoms with van der Waals surface area (Å²) in [7, 11) is 1.08. The maximum absolute atomic E-state index is 13.7. The number of carboxylic acids is 1. The number of cyclic esters (lactones) is 1. The van der Waals surface area contributed by atoms with Crippen molar-refractivity contribution in [2.45, 2.75) is 172 Å². The van der Waals surface area contributed by atoms with Crippen molar-refractivity contribution in [1.82, 2.24) is 0 Å². The molecule has 5 saturated carbocycles. The number of carboxylic acid groups (broad SMARTS) is 1. The summed E-state index contributed by atoms with van der Waals surface area (Å²) in [6, 6.07) is 0. The second-order valence-corrected chi connectivity index (χ2v) is 20.1. The molecule has 0 aromatic heterocycles. The van der Waals surface area contributed by atoms with Crippen molar-refractivity contribution >= 4 is 17.9 Å². The zero-order chi connectivity index (χ0) is 42.8. The average molecular weight is 837 g/mol. The molecule has 2 saturated heterocycles. The number of esters is 2. The van der Waals surface area contributed by atoms with E-state index < -0.39 is 91.5 Å². The van der Waals surface area contributed by atoms with Crippen molar-refractivity contribution in [2.24, 2.45) is 50.7 Å². The highest BCUT2D eigenvalue weighted by Crippen LogP contribution is 2.89. The molecular weight excluding hydrogens is 772 g/mol. The van der Waals surface area contributed by atoms with Gasteiger partial charge in [-0.15, -0.1) is 0 Å². The van der Waals surface area contributed by atoms with Crippen LogP contribution in [-0.2, 0) is 42.8 Å². The second-order valence-electron chi connectivity index (χ2n) is 20.1. The number of aliphatic hydroxyl groups excluding tert-OH is 6. The number of carbonyl (C=O) groups is 3. The molecule has 16 nitrogen and oxygen atoms in total. The number of aliphatic hydroxyl groups is 6. The van der Waals surface area contributed by atoms with Gasteiger partial charge in [0.25, 0.3) is 0 Å². The molecule has 0 bridgehead atoms. The number of hydrogen-bond donors (Lipinski definition) is 7. The Bertz CT molecular complexity index is 1700. The highest BCUT2D eigenvalue weighted by molar-refractivity contribution is 5.88. The van der Waals surface area contributed by atoms with Gasteiger partial charge in [-0.25, -0.2) is 9.59 Å². The van der Waals surface area contributed by atoms with E-state index in [4.69, 9.17) is 28.4 Å². The van der Waals surface area contributed by atoms with E-state index in [1.165, 1.54) is 0 Å². The molecule has 0 radical (unpaired) electrons. The van der Waals surface area contributed by atoms with Gasteiger partial charge in [-0.05, 0) is 117 Å². The van der Waals surface area contributed by atoms with Crippen LogP contribution in [0, 0.1) is 50.7 Å². The lowest BCUT2D eigenvalue weighted by molar-refractivity contribution is -0.373. The summed E-state index contributed by atoms with van der Waals surface area (Å²) >= 11 is 0. The molecule has 0 amide bonds. The van der Waals surface area contributed by atoms with Crippen LogP contribution in [-0.4, -0.2) is 141 Å². The Labute approximate surface area is 344 Å². The van der Waals surface area contributed by atoms with E-state index in [-0.39, 0.29) is 45.6 Å². The van der Waals surface area contributed by atoms with E-state index >= 15 is 0 Å². The lowest BCUT2D eigenvalue weighted by atomic mass is 9.41. The lowest BCUT2D eigenvalue weighted by Crippen LogP contribution is -2.66. The van der Waals surface area contributed by atoms with Crippen molar-refractivity contribution in [3.8, 4) is 0 Å². The van der Waals surface area contributed by atoms with Crippen LogP contribution in [0.25, 0.3) is 0 Å². The quantitative estimate of drug-likeness (QED) is 0.129. The Morgan fingerprint density at radius 2 is 1.53 bits per heavy atom. The summed E-state index contributed by atoms with van der Waals surface area (Å²) in [5, 5.41) is 74.9. The van der Waals surface area contributed by atoms with Crippen LogP contribution in [0.3, 0.4) is 0 Å². The zero-order valence-electron chi connectivity index (χ0n) is 34.9. The Morgan fingerprint density at radius 1 is 0.831 bits per heavy atom. The van der Waals surface area contributed by atoms with Gasteiger partial charge in [-0.2, -0.15) is 0 Å². The molecule has 7 N–H and O–H groups in total. The number of ether oxygens (including phenoxy) is 6. The largest absolute Gasteiger partial charge is 0.481 e. The minimum atomic E-state index is -1.92. The third-order valence-electron chi connectivity index (χ3n) is 18.1. The topological polar surface area (TPSA) is 248 Å². The van der Waals surface area contributed by atoms with Crippen LogP contribution in [0.15, 0.2) is 11.6 Å². The average Bonchev–Trinajstić information content (AvgIpc) is 3.80. The first-order valence-electron chi connectivity index (χ1n) is 21.6. The standard InChI is InChI=1S/C43H64O16/c1-19-7-8-22(55-34(19)50)20(2)21-11-13-40(4)24-9-10-25-41(5,38(52)53)26(12-14-42(25)18-43(24,42)16-15-39(21,40)3)57-37-33(30(48)29(47)32(58-37)35(51)54-6)59-36-31(49)28(46)27(45)23(17-44)56-36/h7,20-33,36-37,44-49H,8-18H2,1-6H3,(H,52,53)/t20-,21?,22?,23+,24?,25?,26-,27+,28-,29-,30-,31+,32-,33+,36?,37?,39+,40-,41-,42?,43?/m0/s1. The second kappa shape index (κ2) is 14.9. The van der Waals surface area contributed by atoms with Gasteiger partial charge < -0.3 is 64.2 Å². The maximum Gasteiger partial charge on any atom is 0.337 e. The van der Waals surface area contributed by atoms with Crippen molar-refractivity contribution in [3.05, 3.63) is 11.6 Å². The highest BCUT2D eigenvalue weighted by Gasteiger charge is 2.83. The van der Waals surface area contributed by atoms with Crippen molar-refractivity contribution in [1.29, 1.82) is 0 Å².